The van der Waals surface area contributed by atoms with Crippen molar-refractivity contribution in [3.05, 3.63) is 83.7 Å². The van der Waals surface area contributed by atoms with E-state index in [2.05, 4.69) is 110 Å². The summed E-state index contributed by atoms with van der Waals surface area (Å²) in [6.45, 7) is 4.17. The number of fused-ring (bicyclic) bond motifs is 1. The number of aliphatic imine (C=N–C) groups is 1. The molecular weight excluding hydrogens is 416 g/mol. The van der Waals surface area contributed by atoms with Crippen molar-refractivity contribution in [2.24, 2.45) is 10.9 Å². The second-order valence-electron chi connectivity index (χ2n) is 10.0. The lowest BCUT2D eigenvalue weighted by Gasteiger charge is -2.43. The predicted molar refractivity (Wildman–Crippen MR) is 145 cm³/mol. The summed E-state index contributed by atoms with van der Waals surface area (Å²) < 4.78 is 0. The van der Waals surface area contributed by atoms with Crippen LogP contribution in [0.1, 0.15) is 57.1 Å². The zero-order valence-corrected chi connectivity index (χ0v) is 21.5. The van der Waals surface area contributed by atoms with E-state index in [1.54, 1.807) is 0 Å². The lowest BCUT2D eigenvalue weighted by molar-refractivity contribution is 0.236. The largest absolute Gasteiger partial charge is 0.362 e. The van der Waals surface area contributed by atoms with Crippen molar-refractivity contribution in [1.82, 2.24) is 14.7 Å². The summed E-state index contributed by atoms with van der Waals surface area (Å²) in [4.78, 5) is 12.4. The quantitative estimate of drug-likeness (QED) is 0.325. The molecule has 0 bridgehead atoms. The summed E-state index contributed by atoms with van der Waals surface area (Å²) in [5.41, 5.74) is 4.22. The van der Waals surface area contributed by atoms with Crippen LogP contribution < -0.4 is 0 Å². The first-order valence-electron chi connectivity index (χ1n) is 13.1. The van der Waals surface area contributed by atoms with Crippen LogP contribution in [0.2, 0.25) is 0 Å². The Kier molecular flexibility index (Phi) is 8.44. The predicted octanol–water partition coefficient (Wildman–Crippen LogP) is 6.19. The van der Waals surface area contributed by atoms with Gasteiger partial charge in [0.15, 0.2) is 0 Å². The van der Waals surface area contributed by atoms with Crippen LogP contribution in [0.3, 0.4) is 0 Å². The Morgan fingerprint density at radius 1 is 1.18 bits per heavy atom. The third-order valence-corrected chi connectivity index (χ3v) is 7.21. The van der Waals surface area contributed by atoms with Gasteiger partial charge in [0.25, 0.3) is 0 Å². The highest BCUT2D eigenvalue weighted by atomic mass is 15.3. The fraction of sp³-hybridized carbons (Fsp3) is 0.500. The van der Waals surface area contributed by atoms with Crippen LogP contribution in [0.4, 0.5) is 0 Å². The van der Waals surface area contributed by atoms with Crippen molar-refractivity contribution in [3.8, 4) is 0 Å². The smallest absolute Gasteiger partial charge is 0.126 e. The Morgan fingerprint density at radius 3 is 2.76 bits per heavy atom. The average molecular weight is 459 g/mol. The molecule has 3 aliphatic rings. The first kappa shape index (κ1) is 24.5. The molecule has 1 fully saturated rings. The van der Waals surface area contributed by atoms with Crippen molar-refractivity contribution >= 4 is 5.84 Å². The zero-order chi connectivity index (χ0) is 23.9. The number of amidine groups is 1. The van der Waals surface area contributed by atoms with Gasteiger partial charge in [-0.15, -0.1) is 0 Å². The van der Waals surface area contributed by atoms with E-state index < -0.39 is 0 Å². The van der Waals surface area contributed by atoms with Crippen molar-refractivity contribution < 1.29 is 0 Å². The maximum absolute atomic E-state index is 5.12. The van der Waals surface area contributed by atoms with Gasteiger partial charge >= 0.3 is 0 Å². The van der Waals surface area contributed by atoms with Crippen LogP contribution >= 0.6 is 0 Å². The van der Waals surface area contributed by atoms with Crippen molar-refractivity contribution in [2.45, 2.75) is 57.5 Å². The van der Waals surface area contributed by atoms with E-state index in [-0.39, 0.29) is 6.04 Å². The SMILES string of the molecule is CC/C=C\CC1C=C/C(=C/CC/N=C2/[C@@H]3CCCN3C([C@@H](c3ccccc3)N(C)C)=CN2C)C1. The molecule has 2 aliphatic heterocycles. The lowest BCUT2D eigenvalue weighted by Crippen LogP contribution is -2.49. The lowest BCUT2D eigenvalue weighted by atomic mass is 9.99. The van der Waals surface area contributed by atoms with Crippen LogP contribution in [-0.4, -0.2) is 60.8 Å². The maximum Gasteiger partial charge on any atom is 0.126 e. The Hall–Kier alpha value is -2.59. The molecule has 0 spiro atoms. The number of nitrogens with zero attached hydrogens (tertiary/aromatic N) is 4. The second-order valence-corrected chi connectivity index (χ2v) is 10.0. The van der Waals surface area contributed by atoms with Gasteiger partial charge in [-0.05, 0) is 64.1 Å². The molecular formula is C30H42N4. The van der Waals surface area contributed by atoms with Gasteiger partial charge in [0.2, 0.25) is 0 Å². The van der Waals surface area contributed by atoms with E-state index >= 15 is 0 Å². The van der Waals surface area contributed by atoms with Gasteiger partial charge in [0, 0.05) is 26.3 Å². The van der Waals surface area contributed by atoms with Crippen LogP contribution in [0, 0.1) is 5.92 Å². The molecule has 1 saturated heterocycles. The molecule has 182 valence electrons. The van der Waals surface area contributed by atoms with Crippen molar-refractivity contribution in [1.29, 1.82) is 0 Å². The maximum atomic E-state index is 5.12. The summed E-state index contributed by atoms with van der Waals surface area (Å²) in [6, 6.07) is 11.5. The highest BCUT2D eigenvalue weighted by Crippen LogP contribution is 2.37. The van der Waals surface area contributed by atoms with Gasteiger partial charge in [-0.2, -0.15) is 0 Å². The van der Waals surface area contributed by atoms with Crippen LogP contribution in [-0.2, 0) is 0 Å². The Balaban J connectivity index is 1.43. The zero-order valence-electron chi connectivity index (χ0n) is 21.5. The minimum absolute atomic E-state index is 0.254. The molecule has 1 aromatic rings. The molecule has 34 heavy (non-hydrogen) atoms. The molecule has 4 heteroatoms. The third kappa shape index (κ3) is 5.72. The molecule has 1 aliphatic carbocycles. The van der Waals surface area contributed by atoms with E-state index in [0.29, 0.717) is 12.0 Å². The Labute approximate surface area is 207 Å². The van der Waals surface area contributed by atoms with Crippen LogP contribution in [0.25, 0.3) is 0 Å². The summed E-state index contributed by atoms with van der Waals surface area (Å²) in [5, 5.41) is 0. The molecule has 0 aromatic heterocycles. The topological polar surface area (TPSA) is 22.1 Å². The minimum Gasteiger partial charge on any atom is -0.362 e. The third-order valence-electron chi connectivity index (χ3n) is 7.21. The molecule has 0 N–H and O–H groups in total. The summed E-state index contributed by atoms with van der Waals surface area (Å²) in [5.74, 6) is 1.91. The molecule has 3 atom stereocenters. The standard InChI is InChI=1S/C30H42N4/c1-5-6-8-13-24-18-19-25(22-24)14-11-20-31-30-27-17-12-21-34(27)28(23-33(30)4)29(32(2)3)26-15-9-7-10-16-26/h6-10,14-16,18-19,23-24,27,29H,5,11-13,17,20-22H2,1-4H3/b8-6-,25-14-,31-30-/t24?,27-,29+/m0/s1. The second kappa shape index (κ2) is 11.7. The molecule has 2 heterocycles. The normalized spacial score (nSPS) is 25.7. The van der Waals surface area contributed by atoms with E-state index in [1.165, 1.54) is 41.9 Å². The molecule has 0 amide bonds. The van der Waals surface area contributed by atoms with E-state index in [9.17, 15) is 0 Å². The molecule has 1 unspecified atom stereocenters. The Bertz CT molecular complexity index is 953. The number of likely N-dealkylation sites (N-methyl/N-ethyl adjacent to an activating group) is 2. The first-order valence-corrected chi connectivity index (χ1v) is 13.1. The summed E-state index contributed by atoms with van der Waals surface area (Å²) in [7, 11) is 6.55. The Morgan fingerprint density at radius 2 is 2.00 bits per heavy atom. The number of benzene rings is 1. The van der Waals surface area contributed by atoms with Crippen LogP contribution in [0.5, 0.6) is 0 Å². The summed E-state index contributed by atoms with van der Waals surface area (Å²) in [6.07, 6.45) is 20.9. The van der Waals surface area contributed by atoms with E-state index in [1.807, 2.05) is 0 Å². The van der Waals surface area contributed by atoms with Gasteiger partial charge in [0.05, 0.1) is 17.8 Å². The fourth-order valence-corrected chi connectivity index (χ4v) is 5.61. The molecule has 4 nitrogen and oxygen atoms in total. The van der Waals surface area contributed by atoms with Crippen LogP contribution in [0.15, 0.2) is 83.2 Å². The van der Waals surface area contributed by atoms with E-state index in [4.69, 9.17) is 4.99 Å². The van der Waals surface area contributed by atoms with Gasteiger partial charge in [-0.1, -0.05) is 73.2 Å². The first-order chi connectivity index (χ1) is 16.6. The average Bonchev–Trinajstić information content (AvgIpc) is 3.49. The number of rotatable bonds is 9. The van der Waals surface area contributed by atoms with Gasteiger partial charge in [-0.25, -0.2) is 0 Å². The van der Waals surface area contributed by atoms with Crippen molar-refractivity contribution in [3.63, 3.8) is 0 Å². The summed E-state index contributed by atoms with van der Waals surface area (Å²) >= 11 is 0. The molecule has 4 rings (SSSR count). The number of hydrogen-bond acceptors (Lipinski definition) is 3. The fourth-order valence-electron chi connectivity index (χ4n) is 5.61. The van der Waals surface area contributed by atoms with Crippen molar-refractivity contribution in [2.75, 3.05) is 34.2 Å². The monoisotopic (exact) mass is 458 g/mol. The highest BCUT2D eigenvalue weighted by Gasteiger charge is 2.39. The van der Waals surface area contributed by atoms with Gasteiger partial charge in [-0.3, -0.25) is 9.89 Å². The van der Waals surface area contributed by atoms with Gasteiger partial charge < -0.3 is 9.80 Å². The molecule has 0 radical (unpaired) electrons. The molecule has 1 aromatic carbocycles. The minimum atomic E-state index is 0.254. The number of hydrogen-bond donors (Lipinski definition) is 0. The number of allylic oxidation sites excluding steroid dienone is 5. The molecule has 0 saturated carbocycles. The van der Waals surface area contributed by atoms with Gasteiger partial charge in [0.1, 0.15) is 5.84 Å². The van der Waals surface area contributed by atoms with E-state index in [0.717, 1.165) is 32.4 Å². The highest BCUT2D eigenvalue weighted by molar-refractivity contribution is 5.89.